The third kappa shape index (κ3) is 5.27. The number of nitrogens with one attached hydrogen (secondary N) is 2. The molecule has 3 aromatic carbocycles. The SMILES string of the molecule is Cc1ccc(NC(=O)Nc2ccc(Cn3cnc(-c4nc(-c5ccccc5)no4)c3)cc2)cc1C. The average molecular weight is 465 g/mol. The van der Waals surface area contributed by atoms with Crippen molar-refractivity contribution in [1.82, 2.24) is 19.7 Å². The molecule has 0 fully saturated rings. The highest BCUT2D eigenvalue weighted by Gasteiger charge is 2.13. The number of urea groups is 1. The second-order valence-electron chi connectivity index (χ2n) is 8.30. The second kappa shape index (κ2) is 9.64. The number of nitrogens with zero attached hydrogens (tertiary/aromatic N) is 4. The zero-order valence-electron chi connectivity index (χ0n) is 19.4. The molecule has 5 aromatic rings. The first-order valence-electron chi connectivity index (χ1n) is 11.2. The summed E-state index contributed by atoms with van der Waals surface area (Å²) in [7, 11) is 0. The van der Waals surface area contributed by atoms with Crippen LogP contribution in [0.2, 0.25) is 0 Å². The quantitative estimate of drug-likeness (QED) is 0.326. The van der Waals surface area contributed by atoms with Crippen molar-refractivity contribution in [3.8, 4) is 23.0 Å². The molecule has 0 bridgehead atoms. The van der Waals surface area contributed by atoms with Crippen LogP contribution in [0.15, 0.2) is 89.8 Å². The van der Waals surface area contributed by atoms with E-state index < -0.39 is 0 Å². The van der Waals surface area contributed by atoms with Crippen LogP contribution in [0.5, 0.6) is 0 Å². The van der Waals surface area contributed by atoms with E-state index in [0.29, 0.717) is 29.6 Å². The molecule has 35 heavy (non-hydrogen) atoms. The summed E-state index contributed by atoms with van der Waals surface area (Å²) in [4.78, 5) is 21.2. The number of aryl methyl sites for hydroxylation is 2. The number of rotatable bonds is 6. The van der Waals surface area contributed by atoms with Crippen molar-refractivity contribution in [2.45, 2.75) is 20.4 Å². The lowest BCUT2D eigenvalue weighted by Gasteiger charge is -2.10. The largest absolute Gasteiger partial charge is 0.332 e. The van der Waals surface area contributed by atoms with Crippen LogP contribution in [0.3, 0.4) is 0 Å². The van der Waals surface area contributed by atoms with Gasteiger partial charge in [-0.05, 0) is 54.8 Å². The van der Waals surface area contributed by atoms with Gasteiger partial charge in [-0.1, -0.05) is 53.7 Å². The van der Waals surface area contributed by atoms with Crippen LogP contribution in [0.25, 0.3) is 23.0 Å². The summed E-state index contributed by atoms with van der Waals surface area (Å²) in [5, 5.41) is 9.77. The number of carbonyl (C=O) groups is 1. The molecule has 0 radical (unpaired) electrons. The highest BCUT2D eigenvalue weighted by atomic mass is 16.5. The predicted molar refractivity (Wildman–Crippen MR) is 135 cm³/mol. The molecule has 0 saturated carbocycles. The van der Waals surface area contributed by atoms with Gasteiger partial charge in [0.15, 0.2) is 0 Å². The van der Waals surface area contributed by atoms with Gasteiger partial charge >= 0.3 is 6.03 Å². The zero-order valence-corrected chi connectivity index (χ0v) is 19.4. The Labute approximate surface area is 202 Å². The summed E-state index contributed by atoms with van der Waals surface area (Å²) >= 11 is 0. The number of hydrogen-bond acceptors (Lipinski definition) is 5. The molecule has 0 aliphatic rings. The monoisotopic (exact) mass is 464 g/mol. The average Bonchev–Trinajstić information content (AvgIpc) is 3.53. The molecule has 0 spiro atoms. The Morgan fingerprint density at radius 3 is 2.43 bits per heavy atom. The van der Waals surface area contributed by atoms with E-state index in [9.17, 15) is 4.79 Å². The van der Waals surface area contributed by atoms with E-state index in [-0.39, 0.29) is 6.03 Å². The standard InChI is InChI=1S/C27H24N6O2/c1-18-8-11-23(14-19(18)2)30-27(34)29-22-12-9-20(10-13-22)15-33-16-24(28-17-33)26-31-25(32-35-26)21-6-4-3-5-7-21/h3-14,16-17H,15H2,1-2H3,(H2,29,30,34). The van der Waals surface area contributed by atoms with Crippen molar-refractivity contribution < 1.29 is 9.32 Å². The zero-order chi connectivity index (χ0) is 24.2. The molecule has 2 aromatic heterocycles. The van der Waals surface area contributed by atoms with Crippen molar-refractivity contribution in [2.75, 3.05) is 10.6 Å². The van der Waals surface area contributed by atoms with Gasteiger partial charge in [-0.15, -0.1) is 0 Å². The fourth-order valence-electron chi connectivity index (χ4n) is 3.61. The molecule has 0 saturated heterocycles. The molecule has 8 heteroatoms. The maximum Gasteiger partial charge on any atom is 0.323 e. The summed E-state index contributed by atoms with van der Waals surface area (Å²) in [6, 6.07) is 22.9. The van der Waals surface area contributed by atoms with Crippen molar-refractivity contribution in [1.29, 1.82) is 0 Å². The molecule has 2 N–H and O–H groups in total. The molecule has 8 nitrogen and oxygen atoms in total. The lowest BCUT2D eigenvalue weighted by Crippen LogP contribution is -2.19. The molecule has 2 heterocycles. The molecule has 174 valence electrons. The van der Waals surface area contributed by atoms with Crippen LogP contribution in [-0.4, -0.2) is 25.7 Å². The van der Waals surface area contributed by atoms with Crippen LogP contribution < -0.4 is 10.6 Å². The first-order chi connectivity index (χ1) is 17.0. The predicted octanol–water partition coefficient (Wildman–Crippen LogP) is 5.91. The summed E-state index contributed by atoms with van der Waals surface area (Å²) in [5.41, 5.74) is 6.34. The number of carbonyl (C=O) groups excluding carboxylic acids is 1. The summed E-state index contributed by atoms with van der Waals surface area (Å²) < 4.78 is 7.33. The number of aromatic nitrogens is 4. The van der Waals surface area contributed by atoms with Gasteiger partial charge in [-0.25, -0.2) is 9.78 Å². The van der Waals surface area contributed by atoms with Gasteiger partial charge in [0.05, 0.1) is 6.33 Å². The lowest BCUT2D eigenvalue weighted by molar-refractivity contribution is 0.262. The third-order valence-electron chi connectivity index (χ3n) is 5.65. The number of imidazole rings is 1. The Balaban J connectivity index is 1.19. The normalized spacial score (nSPS) is 10.8. The van der Waals surface area contributed by atoms with Gasteiger partial charge in [0.25, 0.3) is 5.89 Å². The maximum absolute atomic E-state index is 12.3. The molecular formula is C27H24N6O2. The van der Waals surface area contributed by atoms with E-state index in [4.69, 9.17) is 4.52 Å². The lowest BCUT2D eigenvalue weighted by atomic mass is 10.1. The summed E-state index contributed by atoms with van der Waals surface area (Å²) in [6.45, 7) is 4.67. The topological polar surface area (TPSA) is 97.9 Å². The minimum atomic E-state index is -0.283. The smallest absolute Gasteiger partial charge is 0.323 e. The van der Waals surface area contributed by atoms with Crippen LogP contribution in [0, 0.1) is 13.8 Å². The first-order valence-corrected chi connectivity index (χ1v) is 11.2. The number of benzene rings is 3. The first kappa shape index (κ1) is 22.1. The Kier molecular flexibility index (Phi) is 6.09. The number of anilines is 2. The highest BCUT2D eigenvalue weighted by Crippen LogP contribution is 2.21. The van der Waals surface area contributed by atoms with Crippen LogP contribution in [0.1, 0.15) is 16.7 Å². The van der Waals surface area contributed by atoms with Crippen molar-refractivity contribution in [3.05, 3.63) is 102 Å². The molecular weight excluding hydrogens is 440 g/mol. The summed E-state index contributed by atoms with van der Waals surface area (Å²) in [6.07, 6.45) is 3.59. The highest BCUT2D eigenvalue weighted by molar-refractivity contribution is 5.99. The van der Waals surface area contributed by atoms with E-state index in [1.54, 1.807) is 6.33 Å². The van der Waals surface area contributed by atoms with Gasteiger partial charge in [-0.2, -0.15) is 4.98 Å². The second-order valence-corrected chi connectivity index (χ2v) is 8.30. The fraction of sp³-hybridized carbons (Fsp3) is 0.111. The van der Waals surface area contributed by atoms with Crippen molar-refractivity contribution in [3.63, 3.8) is 0 Å². The van der Waals surface area contributed by atoms with E-state index in [1.807, 2.05) is 97.4 Å². The van der Waals surface area contributed by atoms with Gasteiger partial charge in [-0.3, -0.25) is 0 Å². The van der Waals surface area contributed by atoms with Crippen LogP contribution >= 0.6 is 0 Å². The fourth-order valence-corrected chi connectivity index (χ4v) is 3.61. The minimum Gasteiger partial charge on any atom is -0.332 e. The van der Waals surface area contributed by atoms with Crippen LogP contribution in [-0.2, 0) is 6.54 Å². The van der Waals surface area contributed by atoms with Gasteiger partial charge < -0.3 is 19.7 Å². The third-order valence-corrected chi connectivity index (χ3v) is 5.65. The van der Waals surface area contributed by atoms with E-state index in [0.717, 1.165) is 22.4 Å². The Morgan fingerprint density at radius 1 is 0.914 bits per heavy atom. The minimum absolute atomic E-state index is 0.283. The van der Waals surface area contributed by atoms with Crippen LogP contribution in [0.4, 0.5) is 16.2 Å². The van der Waals surface area contributed by atoms with E-state index >= 15 is 0 Å². The van der Waals surface area contributed by atoms with Gasteiger partial charge in [0, 0.05) is 29.7 Å². The van der Waals surface area contributed by atoms with Crippen molar-refractivity contribution in [2.24, 2.45) is 0 Å². The molecule has 2 amide bonds. The molecule has 0 aliphatic heterocycles. The summed E-state index contributed by atoms with van der Waals surface area (Å²) in [5.74, 6) is 0.900. The van der Waals surface area contributed by atoms with E-state index in [1.165, 1.54) is 5.56 Å². The molecule has 0 aliphatic carbocycles. The van der Waals surface area contributed by atoms with Crippen molar-refractivity contribution >= 4 is 17.4 Å². The Hall–Kier alpha value is -4.72. The van der Waals surface area contributed by atoms with Gasteiger partial charge in [0.1, 0.15) is 5.69 Å². The molecule has 5 rings (SSSR count). The molecule has 0 unspecified atom stereocenters. The van der Waals surface area contributed by atoms with Gasteiger partial charge in [0.2, 0.25) is 5.82 Å². The Morgan fingerprint density at radius 2 is 1.66 bits per heavy atom. The molecule has 0 atom stereocenters. The Bertz CT molecular complexity index is 1450. The van der Waals surface area contributed by atoms with E-state index in [2.05, 4.69) is 25.8 Å². The number of amides is 2. The number of hydrogen-bond donors (Lipinski definition) is 2. The maximum atomic E-state index is 12.3.